The molecule has 1 aromatic rings. The first-order chi connectivity index (χ1) is 12.2. The molecule has 3 heterocycles. The number of ether oxygens (including phenoxy) is 1. The molecule has 3 rings (SSSR count). The highest BCUT2D eigenvalue weighted by atomic mass is 127. The molecular weight excluding hydrogens is 459 g/mol. The van der Waals surface area contributed by atoms with Crippen molar-refractivity contribution in [1.82, 2.24) is 15.1 Å². The molecule has 148 valence electrons. The van der Waals surface area contributed by atoms with E-state index in [2.05, 4.69) is 40.4 Å². The van der Waals surface area contributed by atoms with Crippen LogP contribution in [0, 0.1) is 5.92 Å². The van der Waals surface area contributed by atoms with Crippen LogP contribution in [0.1, 0.15) is 30.7 Å². The monoisotopic (exact) mass is 492 g/mol. The minimum atomic E-state index is 0. The van der Waals surface area contributed by atoms with E-state index in [1.165, 1.54) is 18.4 Å². The lowest BCUT2D eigenvalue weighted by atomic mass is 10.1. The number of methoxy groups -OCH3 is 1. The van der Waals surface area contributed by atoms with Crippen LogP contribution in [0.4, 0.5) is 0 Å². The largest absolute Gasteiger partial charge is 0.384 e. The van der Waals surface area contributed by atoms with Crippen LogP contribution in [0.25, 0.3) is 0 Å². The maximum atomic E-state index is 5.32. The fourth-order valence-electron chi connectivity index (χ4n) is 3.80. The van der Waals surface area contributed by atoms with Crippen molar-refractivity contribution in [3.05, 3.63) is 21.9 Å². The van der Waals surface area contributed by atoms with E-state index in [1.54, 1.807) is 12.0 Å². The van der Waals surface area contributed by atoms with Gasteiger partial charge in [-0.25, -0.2) is 0 Å². The van der Waals surface area contributed by atoms with Gasteiger partial charge in [-0.3, -0.25) is 9.89 Å². The van der Waals surface area contributed by atoms with Gasteiger partial charge in [0, 0.05) is 56.7 Å². The average molecular weight is 492 g/mol. The SMILES string of the molecule is CCNC(=NCC(C)N1CCc2sccc2C1)N1CCC(COC)C1.I. The molecule has 2 atom stereocenters. The molecule has 1 fully saturated rings. The van der Waals surface area contributed by atoms with Crippen molar-refractivity contribution in [2.75, 3.05) is 46.4 Å². The summed E-state index contributed by atoms with van der Waals surface area (Å²) in [4.78, 5) is 11.5. The first-order valence-corrected chi connectivity index (χ1v) is 10.4. The lowest BCUT2D eigenvalue weighted by Crippen LogP contribution is -2.42. The lowest BCUT2D eigenvalue weighted by Gasteiger charge is -2.32. The second-order valence-electron chi connectivity index (χ2n) is 7.19. The predicted octanol–water partition coefficient (Wildman–Crippen LogP) is 3.05. The Morgan fingerprint density at radius 3 is 3.08 bits per heavy atom. The molecular formula is C19H33IN4OS. The summed E-state index contributed by atoms with van der Waals surface area (Å²) in [6.45, 7) is 11.4. The molecule has 1 aromatic heterocycles. The summed E-state index contributed by atoms with van der Waals surface area (Å²) in [5.41, 5.74) is 1.51. The van der Waals surface area contributed by atoms with Crippen molar-refractivity contribution < 1.29 is 4.74 Å². The Hall–Kier alpha value is -0.380. The summed E-state index contributed by atoms with van der Waals surface area (Å²) >= 11 is 1.90. The van der Waals surface area contributed by atoms with Gasteiger partial charge in [-0.1, -0.05) is 0 Å². The van der Waals surface area contributed by atoms with E-state index in [9.17, 15) is 0 Å². The number of fused-ring (bicyclic) bond motifs is 1. The molecule has 7 heteroatoms. The molecule has 0 bridgehead atoms. The fourth-order valence-corrected chi connectivity index (χ4v) is 4.69. The van der Waals surface area contributed by atoms with Crippen LogP contribution < -0.4 is 5.32 Å². The Labute approximate surface area is 179 Å². The van der Waals surface area contributed by atoms with Crippen molar-refractivity contribution in [1.29, 1.82) is 0 Å². The minimum absolute atomic E-state index is 0. The first-order valence-electron chi connectivity index (χ1n) is 9.52. The van der Waals surface area contributed by atoms with Crippen LogP contribution >= 0.6 is 35.3 Å². The molecule has 0 spiro atoms. The number of aliphatic imine (C=N–C) groups is 1. The van der Waals surface area contributed by atoms with Gasteiger partial charge in [0.15, 0.2) is 5.96 Å². The highest BCUT2D eigenvalue weighted by molar-refractivity contribution is 14.0. The summed E-state index contributed by atoms with van der Waals surface area (Å²) in [5.74, 6) is 1.70. The molecule has 1 saturated heterocycles. The topological polar surface area (TPSA) is 40.1 Å². The number of halogens is 1. The van der Waals surface area contributed by atoms with E-state index in [0.29, 0.717) is 12.0 Å². The van der Waals surface area contributed by atoms with Gasteiger partial charge < -0.3 is 15.0 Å². The van der Waals surface area contributed by atoms with E-state index in [4.69, 9.17) is 9.73 Å². The average Bonchev–Trinajstić information content (AvgIpc) is 3.27. The highest BCUT2D eigenvalue weighted by Gasteiger charge is 2.25. The zero-order valence-corrected chi connectivity index (χ0v) is 19.4. The summed E-state index contributed by atoms with van der Waals surface area (Å²) in [7, 11) is 1.79. The van der Waals surface area contributed by atoms with Crippen molar-refractivity contribution in [3.63, 3.8) is 0 Å². The summed E-state index contributed by atoms with van der Waals surface area (Å²) in [6, 6.07) is 2.76. The third-order valence-corrected chi connectivity index (χ3v) is 6.31. The second kappa shape index (κ2) is 10.8. The quantitative estimate of drug-likeness (QED) is 0.377. The van der Waals surface area contributed by atoms with Crippen molar-refractivity contribution in [2.24, 2.45) is 10.9 Å². The minimum Gasteiger partial charge on any atom is -0.384 e. The summed E-state index contributed by atoms with van der Waals surface area (Å²) in [6.07, 6.45) is 2.38. The number of nitrogens with zero attached hydrogens (tertiary/aromatic N) is 3. The van der Waals surface area contributed by atoms with Crippen LogP contribution in [0.3, 0.4) is 0 Å². The molecule has 0 saturated carbocycles. The highest BCUT2D eigenvalue weighted by Crippen LogP contribution is 2.25. The van der Waals surface area contributed by atoms with Crippen LogP contribution in [-0.4, -0.2) is 68.2 Å². The first kappa shape index (κ1) is 21.9. The second-order valence-corrected chi connectivity index (χ2v) is 8.19. The Kier molecular flexibility index (Phi) is 9.12. The zero-order chi connectivity index (χ0) is 17.6. The van der Waals surface area contributed by atoms with Crippen molar-refractivity contribution in [3.8, 4) is 0 Å². The number of thiophene rings is 1. The molecule has 0 radical (unpaired) electrons. The number of likely N-dealkylation sites (tertiary alicyclic amines) is 1. The smallest absolute Gasteiger partial charge is 0.193 e. The molecule has 26 heavy (non-hydrogen) atoms. The maximum Gasteiger partial charge on any atom is 0.193 e. The number of nitrogens with one attached hydrogen (secondary N) is 1. The molecule has 2 unspecified atom stereocenters. The molecule has 0 aromatic carbocycles. The Morgan fingerprint density at radius 2 is 2.31 bits per heavy atom. The Morgan fingerprint density at radius 1 is 1.46 bits per heavy atom. The maximum absolute atomic E-state index is 5.32. The van der Waals surface area contributed by atoms with E-state index in [-0.39, 0.29) is 24.0 Å². The summed E-state index contributed by atoms with van der Waals surface area (Å²) < 4.78 is 5.32. The summed E-state index contributed by atoms with van der Waals surface area (Å²) in [5, 5.41) is 5.70. The van der Waals surface area contributed by atoms with E-state index in [0.717, 1.165) is 51.8 Å². The Bertz CT molecular complexity index is 580. The third-order valence-electron chi connectivity index (χ3n) is 5.29. The fraction of sp³-hybridized carbons (Fsp3) is 0.737. The predicted molar refractivity (Wildman–Crippen MR) is 121 cm³/mol. The number of rotatable bonds is 6. The van der Waals surface area contributed by atoms with Gasteiger partial charge in [0.25, 0.3) is 0 Å². The molecule has 2 aliphatic rings. The number of guanidine groups is 1. The van der Waals surface area contributed by atoms with Gasteiger partial charge in [-0.2, -0.15) is 0 Å². The zero-order valence-electron chi connectivity index (χ0n) is 16.2. The van der Waals surface area contributed by atoms with Gasteiger partial charge in [0.2, 0.25) is 0 Å². The van der Waals surface area contributed by atoms with Crippen molar-refractivity contribution in [2.45, 2.75) is 39.3 Å². The third kappa shape index (κ3) is 5.56. The number of hydrogen-bond acceptors (Lipinski definition) is 4. The molecule has 1 N–H and O–H groups in total. The molecule has 0 aliphatic carbocycles. The normalized spacial score (nSPS) is 22.0. The van der Waals surface area contributed by atoms with Gasteiger partial charge in [0.05, 0.1) is 13.2 Å². The standard InChI is InChI=1S/C19H32N4OS.HI/c1-4-20-19(23-8-5-16(12-23)14-24-3)21-11-15(2)22-9-6-18-17(13-22)7-10-25-18;/h7,10,15-16H,4-6,8-9,11-14H2,1-3H3,(H,20,21);1H. The Balaban J connectivity index is 0.00000243. The van der Waals surface area contributed by atoms with Crippen LogP contribution in [-0.2, 0) is 17.7 Å². The molecule has 0 amide bonds. The van der Waals surface area contributed by atoms with E-state index in [1.807, 2.05) is 11.3 Å². The number of hydrogen-bond donors (Lipinski definition) is 1. The molecule has 2 aliphatic heterocycles. The van der Waals surface area contributed by atoms with E-state index < -0.39 is 0 Å². The van der Waals surface area contributed by atoms with Gasteiger partial charge in [-0.15, -0.1) is 35.3 Å². The van der Waals surface area contributed by atoms with Crippen molar-refractivity contribution >= 4 is 41.3 Å². The lowest BCUT2D eigenvalue weighted by molar-refractivity contribution is 0.157. The van der Waals surface area contributed by atoms with Gasteiger partial charge in [-0.05, 0) is 43.7 Å². The van der Waals surface area contributed by atoms with Crippen LogP contribution in [0.15, 0.2) is 16.4 Å². The van der Waals surface area contributed by atoms with Gasteiger partial charge >= 0.3 is 0 Å². The van der Waals surface area contributed by atoms with E-state index >= 15 is 0 Å². The van der Waals surface area contributed by atoms with Crippen LogP contribution in [0.5, 0.6) is 0 Å². The van der Waals surface area contributed by atoms with Crippen LogP contribution in [0.2, 0.25) is 0 Å². The van der Waals surface area contributed by atoms with Gasteiger partial charge in [0.1, 0.15) is 0 Å². The molecule has 5 nitrogen and oxygen atoms in total.